The summed E-state index contributed by atoms with van der Waals surface area (Å²) in [7, 11) is 0.740. The monoisotopic (exact) mass is 471 g/mol. The number of anilines is 1. The molecule has 0 radical (unpaired) electrons. The number of allylic oxidation sites excluding steroid dienone is 4. The number of halogens is 1. The van der Waals surface area contributed by atoms with Gasteiger partial charge in [-0.1, -0.05) is 44.2 Å². The van der Waals surface area contributed by atoms with E-state index in [1.165, 1.54) is 12.1 Å². The quantitative estimate of drug-likeness (QED) is 0.210. The third-order valence-electron chi connectivity index (χ3n) is 4.34. The summed E-state index contributed by atoms with van der Waals surface area (Å²) in [5.74, 6) is 0.969. The molecule has 1 atom stereocenters. The van der Waals surface area contributed by atoms with Crippen molar-refractivity contribution >= 4 is 28.7 Å². The molecule has 1 unspecified atom stereocenters. The molecule has 33 heavy (non-hydrogen) atoms. The van der Waals surface area contributed by atoms with Crippen LogP contribution in [0.15, 0.2) is 75.8 Å². The van der Waals surface area contributed by atoms with E-state index in [9.17, 15) is 8.60 Å². The predicted molar refractivity (Wildman–Crippen MR) is 140 cm³/mol. The van der Waals surface area contributed by atoms with Gasteiger partial charge >= 0.3 is 0 Å². The van der Waals surface area contributed by atoms with E-state index in [0.717, 1.165) is 16.0 Å². The van der Waals surface area contributed by atoms with E-state index in [-0.39, 0.29) is 5.82 Å². The Morgan fingerprint density at radius 2 is 1.91 bits per heavy atom. The maximum Gasteiger partial charge on any atom is 0.152 e. The number of nitrogens with one attached hydrogen (secondary N) is 2. The van der Waals surface area contributed by atoms with Crippen LogP contribution in [0.2, 0.25) is 0 Å². The van der Waals surface area contributed by atoms with E-state index < -0.39 is 10.8 Å². The lowest BCUT2D eigenvalue weighted by Crippen LogP contribution is -2.21. The molecule has 0 aliphatic heterocycles. The molecule has 8 heteroatoms. The zero-order valence-corrected chi connectivity index (χ0v) is 20.8. The Kier molecular flexibility index (Phi) is 13.9. The minimum absolute atomic E-state index is 0.262. The van der Waals surface area contributed by atoms with Gasteiger partial charge in [0.1, 0.15) is 11.6 Å². The zero-order valence-electron chi connectivity index (χ0n) is 20.0. The molecular formula is C25H34FN5OS. The number of benzene rings is 1. The molecule has 0 aliphatic rings. The molecule has 0 saturated carbocycles. The Morgan fingerprint density at radius 3 is 2.55 bits per heavy atom. The summed E-state index contributed by atoms with van der Waals surface area (Å²) < 4.78 is 24.6. The first-order chi connectivity index (χ1) is 16.0. The Bertz CT molecular complexity index is 985. The summed E-state index contributed by atoms with van der Waals surface area (Å²) in [6, 6.07) is 10.0. The third kappa shape index (κ3) is 10.4. The molecule has 2 rings (SSSR count). The summed E-state index contributed by atoms with van der Waals surface area (Å²) in [5, 5.41) is 7.49. The van der Waals surface area contributed by atoms with Gasteiger partial charge in [0.15, 0.2) is 5.84 Å². The topological polar surface area (TPSA) is 78.7 Å². The first-order valence-corrected chi connectivity index (χ1v) is 12.4. The summed E-state index contributed by atoms with van der Waals surface area (Å²) in [4.78, 5) is 9.57. The molecule has 2 aromatic rings. The van der Waals surface area contributed by atoms with Gasteiger partial charge in [-0.05, 0) is 43.2 Å². The van der Waals surface area contributed by atoms with Crippen LogP contribution in [-0.4, -0.2) is 34.5 Å². The van der Waals surface area contributed by atoms with Crippen LogP contribution in [0.25, 0.3) is 0 Å². The van der Waals surface area contributed by atoms with Gasteiger partial charge in [-0.2, -0.15) is 5.10 Å². The lowest BCUT2D eigenvalue weighted by molar-refractivity contribution is 0.627. The number of hydrogen-bond acceptors (Lipinski definition) is 5. The number of pyridine rings is 1. The minimum atomic E-state index is -0.939. The average molecular weight is 472 g/mol. The standard InChI is InChI=1S/C23H28FN5OS.C2H6/c1-4-20(31(3)30)9-6-5-7-16-28-29-22(25-2)21-10-8-15-26-23(21)27-17-18-11-13-19(24)14-12-18;1-2/h4-6,8,10-16H,7,9,17H2,1-3H3,(H,25,29)(H,26,27);1-2H3/b6-5-,20-4+,28-16+;. The van der Waals surface area contributed by atoms with Gasteiger partial charge in [0, 0.05) is 54.4 Å². The first-order valence-electron chi connectivity index (χ1n) is 10.9. The number of rotatable bonds is 10. The van der Waals surface area contributed by atoms with Crippen molar-refractivity contribution in [1.29, 1.82) is 0 Å². The van der Waals surface area contributed by atoms with E-state index in [1.54, 1.807) is 37.8 Å². The predicted octanol–water partition coefficient (Wildman–Crippen LogP) is 5.43. The van der Waals surface area contributed by atoms with Crippen molar-refractivity contribution in [3.05, 3.63) is 82.7 Å². The van der Waals surface area contributed by atoms with Crippen LogP contribution < -0.4 is 10.7 Å². The lowest BCUT2D eigenvalue weighted by Gasteiger charge is -2.12. The molecule has 0 amide bonds. The van der Waals surface area contributed by atoms with Crippen LogP contribution in [0.1, 0.15) is 44.7 Å². The molecule has 0 aliphatic carbocycles. The average Bonchev–Trinajstić information content (AvgIpc) is 2.84. The fraction of sp³-hybridized carbons (Fsp3) is 0.320. The van der Waals surface area contributed by atoms with Crippen LogP contribution in [0.3, 0.4) is 0 Å². The summed E-state index contributed by atoms with van der Waals surface area (Å²) >= 11 is 0. The Balaban J connectivity index is 0.00000265. The van der Waals surface area contributed by atoms with Crippen molar-refractivity contribution in [2.45, 2.75) is 40.2 Å². The molecule has 1 aromatic heterocycles. The van der Waals surface area contributed by atoms with Gasteiger partial charge in [0.05, 0.1) is 5.56 Å². The van der Waals surface area contributed by atoms with Crippen LogP contribution in [-0.2, 0) is 17.3 Å². The van der Waals surface area contributed by atoms with E-state index >= 15 is 0 Å². The Morgan fingerprint density at radius 1 is 1.18 bits per heavy atom. The zero-order chi connectivity index (χ0) is 24.5. The highest BCUT2D eigenvalue weighted by molar-refractivity contribution is 7.88. The van der Waals surface area contributed by atoms with Gasteiger partial charge in [-0.15, -0.1) is 0 Å². The van der Waals surface area contributed by atoms with Crippen molar-refractivity contribution in [1.82, 2.24) is 10.4 Å². The molecule has 1 aromatic carbocycles. The van der Waals surface area contributed by atoms with Gasteiger partial charge in [-0.3, -0.25) is 14.6 Å². The van der Waals surface area contributed by atoms with Crippen LogP contribution >= 0.6 is 0 Å². The number of aromatic nitrogens is 1. The number of hydrogen-bond donors (Lipinski definition) is 2. The Labute approximate surface area is 199 Å². The fourth-order valence-corrected chi connectivity index (χ4v) is 3.34. The van der Waals surface area contributed by atoms with Crippen LogP contribution in [0.4, 0.5) is 10.2 Å². The van der Waals surface area contributed by atoms with Gasteiger partial charge < -0.3 is 5.32 Å². The molecule has 0 bridgehead atoms. The van der Waals surface area contributed by atoms with Crippen molar-refractivity contribution in [3.8, 4) is 0 Å². The highest BCUT2D eigenvalue weighted by Gasteiger charge is 2.09. The highest BCUT2D eigenvalue weighted by Crippen LogP contribution is 2.14. The van der Waals surface area contributed by atoms with Crippen LogP contribution in [0, 0.1) is 5.82 Å². The first kappa shape index (κ1) is 27.9. The van der Waals surface area contributed by atoms with Crippen LogP contribution in [0.5, 0.6) is 0 Å². The molecule has 1 heterocycles. The van der Waals surface area contributed by atoms with E-state index in [2.05, 4.69) is 25.8 Å². The molecule has 0 saturated heterocycles. The van der Waals surface area contributed by atoms with Gasteiger partial charge in [0.2, 0.25) is 0 Å². The van der Waals surface area contributed by atoms with Gasteiger partial charge in [-0.25, -0.2) is 9.37 Å². The highest BCUT2D eigenvalue weighted by atomic mass is 32.2. The molecule has 0 fully saturated rings. The SMILES string of the molecule is C/C=C(\C/C=C\C/C=N/NC(=NC)c1cccnc1NCc1ccc(F)cc1)S(C)=O.CC. The second-order valence-electron chi connectivity index (χ2n) is 6.50. The maximum absolute atomic E-state index is 13.1. The largest absolute Gasteiger partial charge is 0.365 e. The molecule has 178 valence electrons. The van der Waals surface area contributed by atoms with Gasteiger partial charge in [0.25, 0.3) is 0 Å². The fourth-order valence-electron chi connectivity index (χ4n) is 2.67. The number of nitrogens with zero attached hydrogens (tertiary/aromatic N) is 3. The lowest BCUT2D eigenvalue weighted by atomic mass is 10.2. The summed E-state index contributed by atoms with van der Waals surface area (Å²) in [6.45, 7) is 6.40. The smallest absolute Gasteiger partial charge is 0.152 e. The van der Waals surface area contributed by atoms with Crippen molar-refractivity contribution in [3.63, 3.8) is 0 Å². The number of hydrazone groups is 1. The Hall–Kier alpha value is -3.13. The summed E-state index contributed by atoms with van der Waals surface area (Å²) in [5.41, 5.74) is 4.68. The van der Waals surface area contributed by atoms with Crippen molar-refractivity contribution < 1.29 is 8.60 Å². The number of aliphatic imine (C=N–C) groups is 1. The van der Waals surface area contributed by atoms with E-state index in [4.69, 9.17) is 0 Å². The van der Waals surface area contributed by atoms with Crippen molar-refractivity contribution in [2.24, 2.45) is 10.1 Å². The third-order valence-corrected chi connectivity index (χ3v) is 5.48. The molecule has 2 N–H and O–H groups in total. The molecule has 0 spiro atoms. The summed E-state index contributed by atoms with van der Waals surface area (Å²) in [6.07, 6.45) is 12.3. The minimum Gasteiger partial charge on any atom is -0.365 e. The number of amidine groups is 1. The second kappa shape index (κ2) is 16.5. The molecular weight excluding hydrogens is 437 g/mol. The maximum atomic E-state index is 13.1. The molecule has 6 nitrogen and oxygen atoms in total. The van der Waals surface area contributed by atoms with Crippen molar-refractivity contribution in [2.75, 3.05) is 18.6 Å². The van der Waals surface area contributed by atoms with E-state index in [0.29, 0.717) is 31.0 Å². The normalized spacial score (nSPS) is 13.0. The van der Waals surface area contributed by atoms with E-state index in [1.807, 2.05) is 51.1 Å². The second-order valence-corrected chi connectivity index (χ2v) is 7.93.